The highest BCUT2D eigenvalue weighted by Gasteiger charge is 2.23. The monoisotopic (exact) mass is 332 g/mol. The average Bonchev–Trinajstić information content (AvgIpc) is 2.97. The van der Waals surface area contributed by atoms with Crippen LogP contribution in [0, 0.1) is 5.92 Å². The zero-order chi connectivity index (χ0) is 16.9. The Hall–Kier alpha value is -1.85. The summed E-state index contributed by atoms with van der Waals surface area (Å²) in [5, 5.41) is 10.3. The fraction of sp³-hybridized carbons (Fsp3) is 0.722. The van der Waals surface area contributed by atoms with Crippen LogP contribution in [0.3, 0.4) is 0 Å². The van der Waals surface area contributed by atoms with Crippen LogP contribution in [0.25, 0.3) is 0 Å². The molecule has 1 aromatic rings. The Labute approximate surface area is 143 Å². The summed E-state index contributed by atoms with van der Waals surface area (Å²) in [6, 6.07) is 1.94. The molecule has 0 spiro atoms. The molecular formula is C18H28N4O2. The van der Waals surface area contributed by atoms with Crippen molar-refractivity contribution < 1.29 is 9.59 Å². The van der Waals surface area contributed by atoms with E-state index in [1.165, 1.54) is 25.7 Å². The van der Waals surface area contributed by atoms with Crippen LogP contribution in [0.4, 0.5) is 5.82 Å². The van der Waals surface area contributed by atoms with E-state index in [2.05, 4.69) is 15.7 Å². The quantitative estimate of drug-likeness (QED) is 0.890. The third-order valence-corrected chi connectivity index (χ3v) is 5.28. The second kappa shape index (κ2) is 7.81. The summed E-state index contributed by atoms with van der Waals surface area (Å²) in [7, 11) is 1.76. The number of carbonyl (C=O) groups is 2. The zero-order valence-electron chi connectivity index (χ0n) is 14.5. The Kier molecular flexibility index (Phi) is 5.53. The molecule has 0 radical (unpaired) electrons. The van der Waals surface area contributed by atoms with Gasteiger partial charge in [0.1, 0.15) is 5.82 Å². The maximum Gasteiger partial charge on any atom is 0.272 e. The van der Waals surface area contributed by atoms with Crippen molar-refractivity contribution in [2.45, 2.75) is 70.3 Å². The Morgan fingerprint density at radius 1 is 1.04 bits per heavy atom. The molecule has 0 unspecified atom stereocenters. The average molecular weight is 332 g/mol. The third kappa shape index (κ3) is 4.16. The first-order valence-corrected chi connectivity index (χ1v) is 9.29. The maximum atomic E-state index is 12.4. The molecule has 0 aliphatic heterocycles. The lowest BCUT2D eigenvalue weighted by Gasteiger charge is -2.22. The van der Waals surface area contributed by atoms with Gasteiger partial charge >= 0.3 is 0 Å². The largest absolute Gasteiger partial charge is 0.348 e. The van der Waals surface area contributed by atoms with Crippen LogP contribution in [0.5, 0.6) is 0 Å². The minimum absolute atomic E-state index is 0.0527. The van der Waals surface area contributed by atoms with E-state index >= 15 is 0 Å². The number of anilines is 1. The zero-order valence-corrected chi connectivity index (χ0v) is 14.5. The van der Waals surface area contributed by atoms with E-state index in [9.17, 15) is 9.59 Å². The van der Waals surface area contributed by atoms with Crippen LogP contribution >= 0.6 is 0 Å². The van der Waals surface area contributed by atoms with Gasteiger partial charge in [0.25, 0.3) is 5.91 Å². The predicted octanol–water partition coefficient (Wildman–Crippen LogP) is 3.00. The van der Waals surface area contributed by atoms with Crippen molar-refractivity contribution in [2.75, 3.05) is 5.32 Å². The molecule has 0 atom stereocenters. The van der Waals surface area contributed by atoms with Crippen LogP contribution in [0.1, 0.15) is 74.7 Å². The number of amides is 2. The van der Waals surface area contributed by atoms with Gasteiger partial charge < -0.3 is 10.6 Å². The standard InChI is InChI=1S/C18H28N4O2/c1-22-16(20-17(23)13-8-4-2-5-9-13)12-15(21-22)18(24)19-14-10-6-3-7-11-14/h12-14H,2-11H2,1H3,(H,19,24)(H,20,23). The van der Waals surface area contributed by atoms with E-state index < -0.39 is 0 Å². The normalized spacial score (nSPS) is 19.9. The Morgan fingerprint density at radius 2 is 1.67 bits per heavy atom. The third-order valence-electron chi connectivity index (χ3n) is 5.28. The van der Waals surface area contributed by atoms with Gasteiger partial charge in [0.05, 0.1) is 0 Å². The molecule has 2 aliphatic carbocycles. The molecule has 0 bridgehead atoms. The van der Waals surface area contributed by atoms with Gasteiger partial charge in [-0.1, -0.05) is 38.5 Å². The van der Waals surface area contributed by atoms with E-state index in [1.54, 1.807) is 17.8 Å². The number of aromatic nitrogens is 2. The fourth-order valence-corrected chi connectivity index (χ4v) is 3.79. The Morgan fingerprint density at radius 3 is 2.33 bits per heavy atom. The summed E-state index contributed by atoms with van der Waals surface area (Å²) in [5.41, 5.74) is 0.377. The summed E-state index contributed by atoms with van der Waals surface area (Å²) in [5.74, 6) is 0.597. The number of nitrogens with one attached hydrogen (secondary N) is 2. The highest BCUT2D eigenvalue weighted by Crippen LogP contribution is 2.25. The van der Waals surface area contributed by atoms with Crippen molar-refractivity contribution in [1.29, 1.82) is 0 Å². The molecule has 6 heteroatoms. The van der Waals surface area contributed by atoms with Crippen LogP contribution in [-0.4, -0.2) is 27.6 Å². The summed E-state index contributed by atoms with van der Waals surface area (Å²) in [6.45, 7) is 0. The molecule has 2 fully saturated rings. The molecule has 2 aliphatic rings. The molecule has 132 valence electrons. The van der Waals surface area contributed by atoms with Crippen molar-refractivity contribution in [3.8, 4) is 0 Å². The van der Waals surface area contributed by atoms with Gasteiger partial charge in [-0.05, 0) is 25.7 Å². The van der Waals surface area contributed by atoms with Crippen molar-refractivity contribution >= 4 is 17.6 Å². The summed E-state index contributed by atoms with van der Waals surface area (Å²) < 4.78 is 1.58. The first-order valence-electron chi connectivity index (χ1n) is 9.29. The highest BCUT2D eigenvalue weighted by atomic mass is 16.2. The van der Waals surface area contributed by atoms with Gasteiger partial charge in [0, 0.05) is 25.1 Å². The first kappa shape index (κ1) is 17.0. The van der Waals surface area contributed by atoms with Crippen LogP contribution < -0.4 is 10.6 Å². The lowest BCUT2D eigenvalue weighted by molar-refractivity contribution is -0.120. The molecule has 1 aromatic heterocycles. The molecule has 24 heavy (non-hydrogen) atoms. The highest BCUT2D eigenvalue weighted by molar-refractivity contribution is 5.96. The molecule has 1 heterocycles. The first-order chi connectivity index (χ1) is 11.6. The minimum Gasteiger partial charge on any atom is -0.348 e. The predicted molar refractivity (Wildman–Crippen MR) is 92.8 cm³/mol. The van der Waals surface area contributed by atoms with Gasteiger partial charge in [-0.2, -0.15) is 5.10 Å². The lowest BCUT2D eigenvalue weighted by atomic mass is 9.89. The van der Waals surface area contributed by atoms with Crippen molar-refractivity contribution in [2.24, 2.45) is 13.0 Å². The second-order valence-electron chi connectivity index (χ2n) is 7.17. The number of carbonyl (C=O) groups excluding carboxylic acids is 2. The van der Waals surface area contributed by atoms with Gasteiger partial charge in [-0.3, -0.25) is 14.3 Å². The second-order valence-corrected chi connectivity index (χ2v) is 7.17. The molecule has 0 saturated heterocycles. The van der Waals surface area contributed by atoms with E-state index in [0.29, 0.717) is 11.5 Å². The molecule has 3 rings (SSSR count). The van der Waals surface area contributed by atoms with Gasteiger partial charge in [0.2, 0.25) is 5.91 Å². The number of nitrogens with zero attached hydrogens (tertiary/aromatic N) is 2. The lowest BCUT2D eigenvalue weighted by Crippen LogP contribution is -2.36. The van der Waals surface area contributed by atoms with Crippen molar-refractivity contribution in [3.63, 3.8) is 0 Å². The molecule has 2 N–H and O–H groups in total. The summed E-state index contributed by atoms with van der Waals surface area (Å²) in [6.07, 6.45) is 11.1. The summed E-state index contributed by atoms with van der Waals surface area (Å²) in [4.78, 5) is 24.7. The number of rotatable bonds is 4. The molecule has 2 saturated carbocycles. The maximum absolute atomic E-state index is 12.4. The van der Waals surface area contributed by atoms with Gasteiger partial charge in [-0.25, -0.2) is 0 Å². The van der Waals surface area contributed by atoms with E-state index in [1.807, 2.05) is 0 Å². The molecule has 0 aromatic carbocycles. The number of hydrogen-bond acceptors (Lipinski definition) is 3. The minimum atomic E-state index is -0.143. The van der Waals surface area contributed by atoms with E-state index in [-0.39, 0.29) is 23.8 Å². The Balaban J connectivity index is 1.59. The van der Waals surface area contributed by atoms with Gasteiger partial charge in [-0.15, -0.1) is 0 Å². The molecule has 2 amide bonds. The van der Waals surface area contributed by atoms with Crippen LogP contribution in [0.2, 0.25) is 0 Å². The van der Waals surface area contributed by atoms with Crippen molar-refractivity contribution in [3.05, 3.63) is 11.8 Å². The fourth-order valence-electron chi connectivity index (χ4n) is 3.79. The Bertz CT molecular complexity index is 584. The number of hydrogen-bond donors (Lipinski definition) is 2. The van der Waals surface area contributed by atoms with Gasteiger partial charge in [0.15, 0.2) is 5.69 Å². The smallest absolute Gasteiger partial charge is 0.272 e. The van der Waals surface area contributed by atoms with Crippen LogP contribution in [-0.2, 0) is 11.8 Å². The SMILES string of the molecule is Cn1nc(C(=O)NC2CCCCC2)cc1NC(=O)C1CCCCC1. The topological polar surface area (TPSA) is 76.0 Å². The van der Waals surface area contributed by atoms with Crippen molar-refractivity contribution in [1.82, 2.24) is 15.1 Å². The van der Waals surface area contributed by atoms with E-state index in [0.717, 1.165) is 38.5 Å². The number of aryl methyl sites for hydroxylation is 1. The van der Waals surface area contributed by atoms with E-state index in [4.69, 9.17) is 0 Å². The summed E-state index contributed by atoms with van der Waals surface area (Å²) >= 11 is 0. The molecule has 6 nitrogen and oxygen atoms in total. The van der Waals surface area contributed by atoms with Crippen LogP contribution in [0.15, 0.2) is 6.07 Å². The molecular weight excluding hydrogens is 304 g/mol.